The van der Waals surface area contributed by atoms with E-state index in [4.69, 9.17) is 9.47 Å². The third kappa shape index (κ3) is 4.65. The Bertz CT molecular complexity index is 780. The topological polar surface area (TPSA) is 88.7 Å². The number of ether oxygens (including phenoxy) is 2. The molecule has 0 bridgehead atoms. The second-order valence-electron chi connectivity index (χ2n) is 8.50. The van der Waals surface area contributed by atoms with E-state index in [1.807, 2.05) is 4.90 Å². The van der Waals surface area contributed by atoms with Crippen LogP contribution in [0.25, 0.3) is 0 Å². The molecule has 1 N–H and O–H groups in total. The minimum absolute atomic E-state index is 0.129. The van der Waals surface area contributed by atoms with Crippen LogP contribution in [0.2, 0.25) is 0 Å². The molecule has 2 fully saturated rings. The van der Waals surface area contributed by atoms with Gasteiger partial charge in [-0.3, -0.25) is 4.79 Å². The van der Waals surface area contributed by atoms with E-state index >= 15 is 0 Å². The molecule has 0 aromatic carbocycles. The molecular weight excluding hydrogens is 372 g/mol. The van der Waals surface area contributed by atoms with Gasteiger partial charge >= 0.3 is 11.9 Å². The molecule has 1 saturated heterocycles. The van der Waals surface area contributed by atoms with E-state index in [1.54, 1.807) is 27.7 Å². The molecule has 1 aromatic heterocycles. The largest absolute Gasteiger partial charge is 0.459 e. The van der Waals surface area contributed by atoms with Crippen molar-refractivity contribution in [2.24, 2.45) is 5.92 Å². The predicted octanol–water partition coefficient (Wildman–Crippen LogP) is 3.53. The Morgan fingerprint density at radius 3 is 2.48 bits per heavy atom. The number of amides is 1. The van der Waals surface area contributed by atoms with E-state index in [1.165, 1.54) is 19.3 Å². The van der Waals surface area contributed by atoms with Gasteiger partial charge in [0.05, 0.1) is 11.7 Å². The molecular formula is C22H32N2O5. The van der Waals surface area contributed by atoms with E-state index < -0.39 is 11.9 Å². The number of aromatic nitrogens is 1. The van der Waals surface area contributed by atoms with Gasteiger partial charge < -0.3 is 19.4 Å². The van der Waals surface area contributed by atoms with E-state index in [9.17, 15) is 14.4 Å². The number of esters is 2. The maximum absolute atomic E-state index is 12.7. The quantitative estimate of drug-likeness (QED) is 0.759. The molecule has 3 rings (SSSR count). The predicted molar refractivity (Wildman–Crippen MR) is 108 cm³/mol. The minimum atomic E-state index is -0.625. The van der Waals surface area contributed by atoms with Crippen molar-refractivity contribution >= 4 is 17.8 Å². The van der Waals surface area contributed by atoms with Crippen molar-refractivity contribution in [1.29, 1.82) is 0 Å². The zero-order chi connectivity index (χ0) is 21.1. The van der Waals surface area contributed by atoms with Crippen molar-refractivity contribution in [3.05, 3.63) is 22.5 Å². The third-order valence-electron chi connectivity index (χ3n) is 6.08. The molecule has 7 nitrogen and oxygen atoms in total. The van der Waals surface area contributed by atoms with Crippen molar-refractivity contribution in [2.75, 3.05) is 13.2 Å². The highest BCUT2D eigenvalue weighted by molar-refractivity contribution is 5.99. The molecule has 0 unspecified atom stereocenters. The molecule has 7 heteroatoms. The molecule has 2 atom stereocenters. The van der Waals surface area contributed by atoms with Crippen LogP contribution in [0.15, 0.2) is 0 Å². The number of hydrogen-bond donors (Lipinski definition) is 1. The molecule has 1 amide bonds. The Balaban J connectivity index is 1.63. The zero-order valence-corrected chi connectivity index (χ0v) is 17.9. The van der Waals surface area contributed by atoms with E-state index in [-0.39, 0.29) is 30.4 Å². The number of nitrogens with one attached hydrogen (secondary N) is 1. The van der Waals surface area contributed by atoms with Gasteiger partial charge in [0.2, 0.25) is 0 Å². The lowest BCUT2D eigenvalue weighted by Gasteiger charge is -2.44. The van der Waals surface area contributed by atoms with Gasteiger partial charge in [-0.25, -0.2) is 9.59 Å². The summed E-state index contributed by atoms with van der Waals surface area (Å²) in [4.78, 5) is 42.4. The molecule has 29 heavy (non-hydrogen) atoms. The molecule has 2 heterocycles. The molecule has 1 aliphatic carbocycles. The van der Waals surface area contributed by atoms with Gasteiger partial charge in [0.1, 0.15) is 5.69 Å². The van der Waals surface area contributed by atoms with Crippen molar-refractivity contribution in [3.63, 3.8) is 0 Å². The average molecular weight is 405 g/mol. The third-order valence-corrected chi connectivity index (χ3v) is 6.08. The van der Waals surface area contributed by atoms with E-state index in [0.29, 0.717) is 22.7 Å². The molecule has 2 aliphatic rings. The van der Waals surface area contributed by atoms with Crippen molar-refractivity contribution in [3.8, 4) is 0 Å². The fourth-order valence-electron chi connectivity index (χ4n) is 4.75. The van der Waals surface area contributed by atoms with Gasteiger partial charge in [-0.2, -0.15) is 0 Å². The van der Waals surface area contributed by atoms with Crippen LogP contribution in [0, 0.1) is 19.8 Å². The maximum Gasteiger partial charge on any atom is 0.355 e. The number of hydrogen-bond acceptors (Lipinski definition) is 5. The van der Waals surface area contributed by atoms with Crippen LogP contribution in [0.1, 0.15) is 84.5 Å². The van der Waals surface area contributed by atoms with Gasteiger partial charge in [-0.15, -0.1) is 0 Å². The Kier molecular flexibility index (Phi) is 6.65. The van der Waals surface area contributed by atoms with Gasteiger partial charge in [0, 0.05) is 18.3 Å². The van der Waals surface area contributed by atoms with Crippen LogP contribution in [0.3, 0.4) is 0 Å². The van der Waals surface area contributed by atoms with Crippen molar-refractivity contribution < 1.29 is 23.9 Å². The Labute approximate surface area is 172 Å². The minimum Gasteiger partial charge on any atom is -0.459 e. The maximum atomic E-state index is 12.7. The van der Waals surface area contributed by atoms with Gasteiger partial charge in [-0.1, -0.05) is 12.8 Å². The monoisotopic (exact) mass is 404 g/mol. The highest BCUT2D eigenvalue weighted by Gasteiger charge is 2.36. The first-order valence-electron chi connectivity index (χ1n) is 10.7. The normalized spacial score (nSPS) is 21.6. The molecule has 1 aromatic rings. The second-order valence-corrected chi connectivity index (χ2v) is 8.50. The summed E-state index contributed by atoms with van der Waals surface area (Å²) in [5.41, 5.74) is 1.57. The number of carbonyl (C=O) groups excluding carboxylic acids is 3. The van der Waals surface area contributed by atoms with Crippen LogP contribution in [0.4, 0.5) is 0 Å². The van der Waals surface area contributed by atoms with E-state index in [2.05, 4.69) is 4.98 Å². The summed E-state index contributed by atoms with van der Waals surface area (Å²) in [7, 11) is 0. The van der Waals surface area contributed by atoms with Crippen LogP contribution in [-0.2, 0) is 14.3 Å². The zero-order valence-electron chi connectivity index (χ0n) is 17.9. The summed E-state index contributed by atoms with van der Waals surface area (Å²) in [5, 5.41) is 0. The number of carbonyl (C=O) groups is 3. The van der Waals surface area contributed by atoms with Crippen LogP contribution in [-0.4, -0.2) is 53.0 Å². The lowest BCUT2D eigenvalue weighted by molar-refractivity contribution is -0.140. The fourth-order valence-corrected chi connectivity index (χ4v) is 4.75. The van der Waals surface area contributed by atoms with Crippen LogP contribution < -0.4 is 0 Å². The van der Waals surface area contributed by atoms with Gasteiger partial charge in [-0.05, 0) is 64.9 Å². The fraction of sp³-hybridized carbons (Fsp3) is 0.682. The Hall–Kier alpha value is -2.31. The van der Waals surface area contributed by atoms with Gasteiger partial charge in [0.15, 0.2) is 6.61 Å². The number of rotatable bonds is 5. The Morgan fingerprint density at radius 1 is 1.07 bits per heavy atom. The molecule has 0 spiro atoms. The summed E-state index contributed by atoms with van der Waals surface area (Å²) in [6.07, 6.45) is 6.57. The van der Waals surface area contributed by atoms with Crippen molar-refractivity contribution in [1.82, 2.24) is 9.88 Å². The molecule has 0 radical (unpaired) electrons. The highest BCUT2D eigenvalue weighted by Crippen LogP contribution is 2.35. The SMILES string of the molecule is Cc1[nH]c(C(=O)OCC(=O)N2CCC[C@@H]3CCCC[C@H]32)c(C)c1C(=O)OC(C)C. The van der Waals surface area contributed by atoms with Crippen LogP contribution in [0.5, 0.6) is 0 Å². The smallest absolute Gasteiger partial charge is 0.355 e. The molecule has 1 saturated carbocycles. The Morgan fingerprint density at radius 2 is 1.76 bits per heavy atom. The number of aromatic amines is 1. The number of piperidine rings is 1. The lowest BCUT2D eigenvalue weighted by atomic mass is 9.78. The summed E-state index contributed by atoms with van der Waals surface area (Å²) < 4.78 is 10.6. The average Bonchev–Trinajstić information content (AvgIpc) is 2.99. The molecule has 1 aliphatic heterocycles. The van der Waals surface area contributed by atoms with Gasteiger partial charge in [0.25, 0.3) is 5.91 Å². The first-order chi connectivity index (χ1) is 13.8. The van der Waals surface area contributed by atoms with E-state index in [0.717, 1.165) is 25.8 Å². The molecule has 160 valence electrons. The highest BCUT2D eigenvalue weighted by atomic mass is 16.5. The standard InChI is InChI=1S/C22H32N2O5/c1-13(2)29-21(26)19-14(3)20(23-15(19)4)22(27)28-12-18(25)24-11-7-9-16-8-5-6-10-17(16)24/h13,16-17,23H,5-12H2,1-4H3/t16-,17+/m0/s1. The van der Waals surface area contributed by atoms with Crippen LogP contribution >= 0.6 is 0 Å². The number of nitrogens with zero attached hydrogens (tertiary/aromatic N) is 1. The number of likely N-dealkylation sites (tertiary alicyclic amines) is 1. The first-order valence-corrected chi connectivity index (χ1v) is 10.7. The lowest BCUT2D eigenvalue weighted by Crippen LogP contribution is -2.50. The summed E-state index contributed by atoms with van der Waals surface area (Å²) in [5.74, 6) is -0.645. The summed E-state index contributed by atoms with van der Waals surface area (Å²) >= 11 is 0. The first kappa shape index (κ1) is 21.4. The second kappa shape index (κ2) is 9.01. The van der Waals surface area contributed by atoms with Crippen molar-refractivity contribution in [2.45, 2.75) is 78.4 Å². The number of aryl methyl sites for hydroxylation is 1. The summed E-state index contributed by atoms with van der Waals surface area (Å²) in [6, 6.07) is 0.288. The number of H-pyrrole nitrogens is 1. The summed E-state index contributed by atoms with van der Waals surface area (Å²) in [6.45, 7) is 7.40. The number of fused-ring (bicyclic) bond motifs is 1.